The van der Waals surface area contributed by atoms with E-state index in [0.717, 1.165) is 22.6 Å². The van der Waals surface area contributed by atoms with Gasteiger partial charge < -0.3 is 4.90 Å². The van der Waals surface area contributed by atoms with Crippen molar-refractivity contribution >= 4 is 70.1 Å². The lowest BCUT2D eigenvalue weighted by molar-refractivity contribution is 1.30. The topological polar surface area (TPSA) is 3.24 Å². The molecule has 1 nitrogen and oxygen atoms in total. The van der Waals surface area contributed by atoms with Crippen LogP contribution in [0.2, 0.25) is 0 Å². The summed E-state index contributed by atoms with van der Waals surface area (Å²) in [7, 11) is 0. The van der Waals surface area contributed by atoms with Gasteiger partial charge in [0.2, 0.25) is 0 Å². The number of benzene rings is 10. The average Bonchev–Trinajstić information content (AvgIpc) is 3.69. The van der Waals surface area contributed by atoms with E-state index in [4.69, 9.17) is 0 Å². The molecule has 11 aromatic rings. The van der Waals surface area contributed by atoms with Crippen LogP contribution in [-0.4, -0.2) is 0 Å². The van der Waals surface area contributed by atoms with Crippen LogP contribution in [0.15, 0.2) is 224 Å². The summed E-state index contributed by atoms with van der Waals surface area (Å²) in [5.41, 5.74) is 13.0. The molecule has 11 rings (SSSR count). The van der Waals surface area contributed by atoms with Crippen molar-refractivity contribution in [2.24, 2.45) is 0 Å². The maximum atomic E-state index is 2.48. The van der Waals surface area contributed by atoms with Crippen molar-refractivity contribution in [2.45, 2.75) is 0 Å². The van der Waals surface area contributed by atoms with Crippen LogP contribution < -0.4 is 4.90 Å². The predicted molar refractivity (Wildman–Crippen MR) is 251 cm³/mol. The summed E-state index contributed by atoms with van der Waals surface area (Å²) in [6.45, 7) is 0. The second kappa shape index (κ2) is 14.4. The molecule has 0 amide bonds. The Hall–Kier alpha value is -7.26. The minimum atomic E-state index is 1.10. The molecule has 0 spiro atoms. The fraction of sp³-hybridized carbons (Fsp3) is 0. The van der Waals surface area contributed by atoms with Gasteiger partial charge in [0.25, 0.3) is 0 Å². The molecule has 58 heavy (non-hydrogen) atoms. The molecule has 10 aromatic carbocycles. The van der Waals surface area contributed by atoms with E-state index < -0.39 is 0 Å². The second-order valence-corrected chi connectivity index (χ2v) is 15.9. The third-order valence-corrected chi connectivity index (χ3v) is 12.7. The zero-order valence-corrected chi connectivity index (χ0v) is 32.5. The molecular weight excluding hydrogens is 719 g/mol. The molecular formula is C56H37NS. The highest BCUT2D eigenvalue weighted by Crippen LogP contribution is 2.48. The van der Waals surface area contributed by atoms with Gasteiger partial charge in [-0.2, -0.15) is 0 Å². The molecule has 0 radical (unpaired) electrons. The summed E-state index contributed by atoms with van der Waals surface area (Å²) in [5, 5.41) is 7.54. The Morgan fingerprint density at radius 1 is 0.293 bits per heavy atom. The minimum absolute atomic E-state index is 1.10. The first-order valence-corrected chi connectivity index (χ1v) is 20.7. The van der Waals surface area contributed by atoms with Gasteiger partial charge in [0, 0.05) is 36.8 Å². The Morgan fingerprint density at radius 3 is 1.59 bits per heavy atom. The Morgan fingerprint density at radius 2 is 0.810 bits per heavy atom. The van der Waals surface area contributed by atoms with Gasteiger partial charge in [-0.25, -0.2) is 0 Å². The largest absolute Gasteiger partial charge is 0.309 e. The Balaban J connectivity index is 1.13. The number of para-hydroxylation sites is 1. The molecule has 0 saturated heterocycles. The summed E-state index contributed by atoms with van der Waals surface area (Å²) >= 11 is 1.88. The second-order valence-electron chi connectivity index (χ2n) is 14.8. The van der Waals surface area contributed by atoms with Gasteiger partial charge in [-0.3, -0.25) is 0 Å². The van der Waals surface area contributed by atoms with Crippen LogP contribution in [0, 0.1) is 0 Å². The van der Waals surface area contributed by atoms with E-state index >= 15 is 0 Å². The standard InChI is InChI=1S/C56H37NS/c1-2-17-38(18-3-1)42-20-6-7-22-45(42)47-24-8-9-25-48(47)49-26-12-14-31-53(49)57(54-37-40-19-4-5-21-43(40)46-23-10-11-27-50(46)54)41-35-33-39(34-36-41)44-29-16-30-52-51-28-13-15-32-55(51)58-56(44)52/h1-37H. The monoisotopic (exact) mass is 755 g/mol. The molecule has 272 valence electrons. The van der Waals surface area contributed by atoms with Gasteiger partial charge >= 0.3 is 0 Å². The van der Waals surface area contributed by atoms with E-state index in [0.29, 0.717) is 0 Å². The lowest BCUT2D eigenvalue weighted by Gasteiger charge is -2.30. The van der Waals surface area contributed by atoms with Crippen molar-refractivity contribution in [3.63, 3.8) is 0 Å². The van der Waals surface area contributed by atoms with Crippen LogP contribution in [0.4, 0.5) is 17.1 Å². The van der Waals surface area contributed by atoms with Gasteiger partial charge in [-0.1, -0.05) is 194 Å². The molecule has 0 saturated carbocycles. The number of rotatable bonds is 7. The number of hydrogen-bond donors (Lipinski definition) is 0. The molecule has 0 atom stereocenters. The molecule has 0 unspecified atom stereocenters. The highest BCUT2D eigenvalue weighted by molar-refractivity contribution is 7.26. The summed E-state index contributed by atoms with van der Waals surface area (Å²) in [5.74, 6) is 0. The van der Waals surface area contributed by atoms with Gasteiger partial charge in [0.05, 0.1) is 11.4 Å². The fourth-order valence-electron chi connectivity index (χ4n) is 8.83. The summed E-state index contributed by atoms with van der Waals surface area (Å²) in [6.07, 6.45) is 0. The third kappa shape index (κ3) is 5.77. The quantitative estimate of drug-likeness (QED) is 0.146. The van der Waals surface area contributed by atoms with Crippen molar-refractivity contribution in [3.05, 3.63) is 224 Å². The van der Waals surface area contributed by atoms with Crippen LogP contribution in [0.25, 0.3) is 86.2 Å². The minimum Gasteiger partial charge on any atom is -0.309 e. The molecule has 0 bridgehead atoms. The van der Waals surface area contributed by atoms with Gasteiger partial charge in [0.1, 0.15) is 0 Å². The number of nitrogens with zero attached hydrogens (tertiary/aromatic N) is 1. The zero-order valence-electron chi connectivity index (χ0n) is 31.7. The molecule has 0 aliphatic rings. The van der Waals surface area contributed by atoms with Crippen LogP contribution in [0.1, 0.15) is 0 Å². The maximum Gasteiger partial charge on any atom is 0.0546 e. The number of fused-ring (bicyclic) bond motifs is 6. The van der Waals surface area contributed by atoms with E-state index in [-0.39, 0.29) is 0 Å². The van der Waals surface area contributed by atoms with Gasteiger partial charge in [-0.05, 0) is 85.4 Å². The predicted octanol–water partition coefficient (Wildman–Crippen LogP) is 16.5. The zero-order chi connectivity index (χ0) is 38.4. The molecule has 0 aliphatic carbocycles. The highest BCUT2D eigenvalue weighted by atomic mass is 32.1. The van der Waals surface area contributed by atoms with Crippen molar-refractivity contribution in [3.8, 4) is 44.5 Å². The summed E-state index contributed by atoms with van der Waals surface area (Å²) in [4.78, 5) is 2.48. The van der Waals surface area contributed by atoms with E-state index in [1.54, 1.807) is 0 Å². The highest BCUT2D eigenvalue weighted by Gasteiger charge is 2.23. The van der Waals surface area contributed by atoms with Gasteiger partial charge in [0.15, 0.2) is 0 Å². The first kappa shape index (κ1) is 34.0. The molecule has 0 aliphatic heterocycles. The number of anilines is 3. The first-order valence-electron chi connectivity index (χ1n) is 19.8. The smallest absolute Gasteiger partial charge is 0.0546 e. The van der Waals surface area contributed by atoms with Crippen LogP contribution in [-0.2, 0) is 0 Å². The molecule has 1 heterocycles. The molecule has 2 heteroatoms. The Kier molecular flexibility index (Phi) is 8.42. The first-order chi connectivity index (χ1) is 28.8. The van der Waals surface area contributed by atoms with Gasteiger partial charge in [-0.15, -0.1) is 11.3 Å². The van der Waals surface area contributed by atoms with E-state index in [2.05, 4.69) is 229 Å². The molecule has 0 N–H and O–H groups in total. The lowest BCUT2D eigenvalue weighted by Crippen LogP contribution is -2.12. The van der Waals surface area contributed by atoms with Crippen molar-refractivity contribution < 1.29 is 0 Å². The average molecular weight is 756 g/mol. The van der Waals surface area contributed by atoms with E-state index in [9.17, 15) is 0 Å². The van der Waals surface area contributed by atoms with Crippen LogP contribution in [0.5, 0.6) is 0 Å². The molecule has 0 fully saturated rings. The number of thiophene rings is 1. The van der Waals surface area contributed by atoms with Crippen molar-refractivity contribution in [1.82, 2.24) is 0 Å². The van der Waals surface area contributed by atoms with Crippen LogP contribution >= 0.6 is 11.3 Å². The Labute approximate surface area is 342 Å². The lowest BCUT2D eigenvalue weighted by atomic mass is 9.88. The summed E-state index contributed by atoms with van der Waals surface area (Å²) in [6, 6.07) is 81.9. The van der Waals surface area contributed by atoms with E-state index in [1.165, 1.54) is 80.7 Å². The maximum absolute atomic E-state index is 2.48. The van der Waals surface area contributed by atoms with Crippen molar-refractivity contribution in [1.29, 1.82) is 0 Å². The Bertz CT molecular complexity index is 3290. The SMILES string of the molecule is c1ccc(-c2ccccc2-c2ccccc2-c2ccccc2N(c2ccc(-c3cccc4c3sc3ccccc34)cc2)c2cc3ccccc3c3ccccc23)cc1. The number of hydrogen-bond acceptors (Lipinski definition) is 2. The molecule has 1 aromatic heterocycles. The third-order valence-electron chi connectivity index (χ3n) is 11.5. The van der Waals surface area contributed by atoms with Crippen molar-refractivity contribution in [2.75, 3.05) is 4.90 Å². The normalized spacial score (nSPS) is 11.4. The van der Waals surface area contributed by atoms with E-state index in [1.807, 2.05) is 11.3 Å². The van der Waals surface area contributed by atoms with Crippen LogP contribution in [0.3, 0.4) is 0 Å². The fourth-order valence-corrected chi connectivity index (χ4v) is 10.1. The summed E-state index contributed by atoms with van der Waals surface area (Å²) < 4.78 is 2.64.